The lowest BCUT2D eigenvalue weighted by molar-refractivity contribution is -0.127. The number of hydrogen-bond acceptors (Lipinski definition) is 5. The lowest BCUT2D eigenvalue weighted by Crippen LogP contribution is -2.47. The van der Waals surface area contributed by atoms with E-state index in [1.165, 1.54) is 5.56 Å². The predicted octanol–water partition coefficient (Wildman–Crippen LogP) is 3.89. The van der Waals surface area contributed by atoms with Crippen molar-refractivity contribution < 1.29 is 9.53 Å². The van der Waals surface area contributed by atoms with Crippen LogP contribution in [0.15, 0.2) is 79.0 Å². The van der Waals surface area contributed by atoms with E-state index in [1.54, 1.807) is 12.3 Å². The molecule has 3 aromatic rings. The molecule has 4 rings (SSSR count). The molecular weight excluding hydrogens is 412 g/mol. The van der Waals surface area contributed by atoms with Crippen LogP contribution in [-0.2, 0) is 17.9 Å². The van der Waals surface area contributed by atoms with E-state index in [9.17, 15) is 4.79 Å². The Morgan fingerprint density at radius 2 is 1.76 bits per heavy atom. The van der Waals surface area contributed by atoms with E-state index in [2.05, 4.69) is 16.0 Å². The third kappa shape index (κ3) is 6.52. The van der Waals surface area contributed by atoms with Crippen LogP contribution in [0.4, 0.5) is 0 Å². The number of amides is 1. The van der Waals surface area contributed by atoms with Crippen molar-refractivity contribution in [2.45, 2.75) is 13.2 Å². The largest absolute Gasteiger partial charge is 0.487 e. The van der Waals surface area contributed by atoms with Gasteiger partial charge in [0.05, 0.1) is 17.3 Å². The van der Waals surface area contributed by atoms with Gasteiger partial charge in [-0.3, -0.25) is 14.7 Å². The Labute approximate surface area is 194 Å². The van der Waals surface area contributed by atoms with Crippen LogP contribution < -0.4 is 4.74 Å². The van der Waals surface area contributed by atoms with Gasteiger partial charge in [0.1, 0.15) is 12.4 Å². The van der Waals surface area contributed by atoms with Gasteiger partial charge in [0, 0.05) is 45.0 Å². The lowest BCUT2D eigenvalue weighted by atomic mass is 10.1. The van der Waals surface area contributed by atoms with Crippen molar-refractivity contribution in [3.63, 3.8) is 0 Å². The second kappa shape index (κ2) is 11.1. The number of benzene rings is 2. The second-order valence-corrected chi connectivity index (χ2v) is 7.92. The van der Waals surface area contributed by atoms with Crippen LogP contribution >= 0.6 is 0 Å². The molecule has 0 radical (unpaired) electrons. The van der Waals surface area contributed by atoms with Gasteiger partial charge >= 0.3 is 0 Å². The van der Waals surface area contributed by atoms with Crippen molar-refractivity contribution >= 4 is 12.0 Å². The summed E-state index contributed by atoms with van der Waals surface area (Å²) in [5, 5.41) is 8.91. The minimum atomic E-state index is 0.0310. The highest BCUT2D eigenvalue weighted by atomic mass is 16.5. The Morgan fingerprint density at radius 1 is 1.00 bits per heavy atom. The monoisotopic (exact) mass is 438 g/mol. The van der Waals surface area contributed by atoms with E-state index < -0.39 is 0 Å². The van der Waals surface area contributed by atoms with E-state index in [-0.39, 0.29) is 5.91 Å². The van der Waals surface area contributed by atoms with Gasteiger partial charge in [0.2, 0.25) is 5.91 Å². The second-order valence-electron chi connectivity index (χ2n) is 7.92. The summed E-state index contributed by atoms with van der Waals surface area (Å²) in [6.07, 6.45) is 5.23. The predicted molar refractivity (Wildman–Crippen MR) is 127 cm³/mol. The highest BCUT2D eigenvalue weighted by molar-refractivity contribution is 5.91. The minimum absolute atomic E-state index is 0.0310. The van der Waals surface area contributed by atoms with Gasteiger partial charge < -0.3 is 9.64 Å². The average Bonchev–Trinajstić information content (AvgIpc) is 2.88. The molecule has 6 heteroatoms. The Hall–Kier alpha value is -3.95. The van der Waals surface area contributed by atoms with Crippen LogP contribution in [0.3, 0.4) is 0 Å². The molecule has 2 aromatic carbocycles. The van der Waals surface area contributed by atoms with E-state index in [1.807, 2.05) is 77.7 Å². The summed E-state index contributed by atoms with van der Waals surface area (Å²) in [7, 11) is 0. The summed E-state index contributed by atoms with van der Waals surface area (Å²) < 4.78 is 5.75. The average molecular weight is 439 g/mol. The van der Waals surface area contributed by atoms with Crippen molar-refractivity contribution in [2.75, 3.05) is 26.2 Å². The van der Waals surface area contributed by atoms with Crippen LogP contribution in [0, 0.1) is 11.3 Å². The molecule has 166 valence electrons. The molecule has 1 saturated heterocycles. The molecule has 1 aromatic heterocycles. The molecule has 2 heterocycles. The summed E-state index contributed by atoms with van der Waals surface area (Å²) in [5.74, 6) is 0.797. The number of nitriles is 1. The van der Waals surface area contributed by atoms with Crippen LogP contribution in [0.5, 0.6) is 5.75 Å². The number of carbonyl (C=O) groups excluding carboxylic acids is 1. The van der Waals surface area contributed by atoms with Crippen molar-refractivity contribution in [2.24, 2.45) is 0 Å². The van der Waals surface area contributed by atoms with Crippen LogP contribution in [-0.4, -0.2) is 46.9 Å². The van der Waals surface area contributed by atoms with Gasteiger partial charge in [-0.2, -0.15) is 5.26 Å². The Bertz CT molecular complexity index is 1110. The van der Waals surface area contributed by atoms with Crippen molar-refractivity contribution in [1.82, 2.24) is 14.8 Å². The maximum absolute atomic E-state index is 12.6. The highest BCUT2D eigenvalue weighted by Gasteiger charge is 2.19. The summed E-state index contributed by atoms with van der Waals surface area (Å²) in [6, 6.07) is 23.2. The normalized spacial score (nSPS) is 14.2. The zero-order valence-electron chi connectivity index (χ0n) is 18.4. The number of rotatable bonds is 7. The summed E-state index contributed by atoms with van der Waals surface area (Å²) in [6.45, 7) is 4.34. The first-order valence-corrected chi connectivity index (χ1v) is 11.0. The lowest BCUT2D eigenvalue weighted by Gasteiger charge is -2.34. The molecule has 0 aliphatic carbocycles. The first kappa shape index (κ1) is 22.3. The molecule has 0 atom stereocenters. The van der Waals surface area contributed by atoms with Gasteiger partial charge in [-0.05, 0) is 53.6 Å². The third-order valence-electron chi connectivity index (χ3n) is 5.58. The summed E-state index contributed by atoms with van der Waals surface area (Å²) in [5.41, 5.74) is 3.69. The quantitative estimate of drug-likeness (QED) is 0.524. The van der Waals surface area contributed by atoms with Gasteiger partial charge in [-0.25, -0.2) is 0 Å². The molecule has 1 amide bonds. The van der Waals surface area contributed by atoms with E-state index in [4.69, 9.17) is 10.00 Å². The van der Waals surface area contributed by atoms with Gasteiger partial charge in [0.25, 0.3) is 0 Å². The van der Waals surface area contributed by atoms with Gasteiger partial charge in [-0.1, -0.05) is 30.3 Å². The van der Waals surface area contributed by atoms with Crippen molar-refractivity contribution in [3.8, 4) is 11.8 Å². The van der Waals surface area contributed by atoms with E-state index in [0.717, 1.165) is 36.6 Å². The molecule has 1 aliphatic rings. The van der Waals surface area contributed by atoms with Crippen LogP contribution in [0.1, 0.15) is 22.4 Å². The molecule has 0 saturated carbocycles. The molecule has 0 spiro atoms. The van der Waals surface area contributed by atoms with E-state index >= 15 is 0 Å². The number of pyridine rings is 1. The number of ether oxygens (including phenoxy) is 1. The number of hydrogen-bond donors (Lipinski definition) is 0. The van der Waals surface area contributed by atoms with E-state index in [0.29, 0.717) is 25.3 Å². The number of piperazine rings is 1. The number of aromatic nitrogens is 1. The van der Waals surface area contributed by atoms with Crippen LogP contribution in [0.2, 0.25) is 0 Å². The SMILES string of the molecule is N#Cc1ccc(CN2CCN(C(=O)/C=C/c3ccc(OCc4ccccn4)cc3)CC2)cc1. The van der Waals surface area contributed by atoms with Crippen LogP contribution in [0.25, 0.3) is 6.08 Å². The van der Waals surface area contributed by atoms with Gasteiger partial charge in [-0.15, -0.1) is 0 Å². The molecular formula is C27H26N4O2. The standard InChI is InChI=1S/C27H26N4O2/c28-19-23-4-6-24(7-5-23)20-30-15-17-31(18-16-30)27(32)13-10-22-8-11-26(12-9-22)33-21-25-3-1-2-14-29-25/h1-14H,15-18,20-21H2/b13-10+. The third-order valence-corrected chi connectivity index (χ3v) is 5.58. The molecule has 33 heavy (non-hydrogen) atoms. The molecule has 0 bridgehead atoms. The number of nitrogens with zero attached hydrogens (tertiary/aromatic N) is 4. The first-order chi connectivity index (χ1) is 16.2. The molecule has 1 aliphatic heterocycles. The Balaban J connectivity index is 1.22. The summed E-state index contributed by atoms with van der Waals surface area (Å²) in [4.78, 5) is 21.1. The topological polar surface area (TPSA) is 69.5 Å². The Kier molecular flexibility index (Phi) is 7.47. The fourth-order valence-corrected chi connectivity index (χ4v) is 3.66. The van der Waals surface area contributed by atoms with Gasteiger partial charge in [0.15, 0.2) is 0 Å². The highest BCUT2D eigenvalue weighted by Crippen LogP contribution is 2.15. The maximum atomic E-state index is 12.6. The Morgan fingerprint density at radius 3 is 2.42 bits per heavy atom. The van der Waals surface area contributed by atoms with Crippen molar-refractivity contribution in [1.29, 1.82) is 5.26 Å². The number of carbonyl (C=O) groups is 1. The minimum Gasteiger partial charge on any atom is -0.487 e. The molecule has 1 fully saturated rings. The fraction of sp³-hybridized carbons (Fsp3) is 0.222. The smallest absolute Gasteiger partial charge is 0.246 e. The molecule has 0 N–H and O–H groups in total. The zero-order chi connectivity index (χ0) is 22.9. The molecule has 0 unspecified atom stereocenters. The first-order valence-electron chi connectivity index (χ1n) is 11.0. The maximum Gasteiger partial charge on any atom is 0.246 e. The molecule has 6 nitrogen and oxygen atoms in total. The fourth-order valence-electron chi connectivity index (χ4n) is 3.66. The zero-order valence-corrected chi connectivity index (χ0v) is 18.4. The summed E-state index contributed by atoms with van der Waals surface area (Å²) >= 11 is 0. The van der Waals surface area contributed by atoms with Crippen molar-refractivity contribution in [3.05, 3.63) is 101 Å².